The van der Waals surface area contributed by atoms with E-state index in [1.165, 1.54) is 23.9 Å². The van der Waals surface area contributed by atoms with Gasteiger partial charge in [-0.05, 0) is 48.2 Å². The minimum absolute atomic E-state index is 0.0206. The van der Waals surface area contributed by atoms with Crippen molar-refractivity contribution in [1.82, 2.24) is 10.2 Å². The van der Waals surface area contributed by atoms with Gasteiger partial charge in [0, 0.05) is 23.4 Å². The van der Waals surface area contributed by atoms with E-state index < -0.39 is 12.0 Å². The molecule has 0 saturated carbocycles. The molecule has 5 rings (SSSR count). The summed E-state index contributed by atoms with van der Waals surface area (Å²) in [5, 5.41) is 5.38. The Balaban J connectivity index is 1.57. The first-order chi connectivity index (χ1) is 20.4. The maximum atomic E-state index is 13.7. The molecule has 42 heavy (non-hydrogen) atoms. The minimum atomic E-state index is -0.733. The van der Waals surface area contributed by atoms with Crippen LogP contribution in [0.25, 0.3) is 5.70 Å². The van der Waals surface area contributed by atoms with Gasteiger partial charge in [-0.2, -0.15) is 0 Å². The van der Waals surface area contributed by atoms with Gasteiger partial charge in [0.15, 0.2) is 5.17 Å². The summed E-state index contributed by atoms with van der Waals surface area (Å²) in [6.45, 7) is 2.17. The second-order valence-electron chi connectivity index (χ2n) is 9.43. The average Bonchev–Trinajstić information content (AvgIpc) is 3.42. The maximum Gasteiger partial charge on any atom is 0.338 e. The van der Waals surface area contributed by atoms with Crippen LogP contribution in [0.2, 0.25) is 0 Å². The number of fused-ring (bicyclic) bond motifs is 1. The molecule has 2 heterocycles. The zero-order valence-electron chi connectivity index (χ0n) is 23.4. The Bertz CT molecular complexity index is 1570. The molecule has 2 aliphatic heterocycles. The molecule has 216 valence electrons. The Hall–Kier alpha value is -4.57. The maximum absolute atomic E-state index is 13.7. The van der Waals surface area contributed by atoms with Crippen LogP contribution < -0.4 is 14.8 Å². The number of methoxy groups -OCH3 is 2. The van der Waals surface area contributed by atoms with E-state index in [0.29, 0.717) is 39.2 Å². The summed E-state index contributed by atoms with van der Waals surface area (Å²) >= 11 is 1.37. The molecule has 1 atom stereocenters. The van der Waals surface area contributed by atoms with Gasteiger partial charge in [-0.1, -0.05) is 54.2 Å². The molecule has 0 aliphatic carbocycles. The van der Waals surface area contributed by atoms with Gasteiger partial charge < -0.3 is 24.4 Å². The Kier molecular flexibility index (Phi) is 8.92. The first-order valence-corrected chi connectivity index (χ1v) is 14.2. The van der Waals surface area contributed by atoms with Crippen LogP contribution >= 0.6 is 11.8 Å². The molecule has 8 nitrogen and oxygen atoms in total. The largest absolute Gasteiger partial charge is 0.497 e. The summed E-state index contributed by atoms with van der Waals surface area (Å²) in [4.78, 5) is 33.7. The number of esters is 1. The molecule has 0 saturated heterocycles. The van der Waals surface area contributed by atoms with Crippen molar-refractivity contribution in [2.24, 2.45) is 4.99 Å². The third-order valence-corrected chi connectivity index (χ3v) is 7.72. The summed E-state index contributed by atoms with van der Waals surface area (Å²) in [7, 11) is 3.13. The Morgan fingerprint density at radius 1 is 1.02 bits per heavy atom. The Morgan fingerprint density at radius 3 is 2.48 bits per heavy atom. The number of nitrogens with zero attached hydrogens (tertiary/aromatic N) is 2. The molecule has 1 N–H and O–H groups in total. The number of halogens is 1. The number of nitrogens with one attached hydrogen (secondary N) is 1. The van der Waals surface area contributed by atoms with Crippen LogP contribution in [0.15, 0.2) is 94.5 Å². The zero-order valence-corrected chi connectivity index (χ0v) is 24.2. The van der Waals surface area contributed by atoms with Crippen LogP contribution in [0.4, 0.5) is 4.39 Å². The predicted octanol–water partition coefficient (Wildman–Crippen LogP) is 5.82. The molecular formula is C32H30FN3O5S. The fourth-order valence-electron chi connectivity index (χ4n) is 4.87. The molecule has 0 radical (unpaired) electrons. The van der Waals surface area contributed by atoms with Crippen LogP contribution in [0.5, 0.6) is 11.5 Å². The van der Waals surface area contributed by atoms with Crippen molar-refractivity contribution in [2.75, 3.05) is 20.8 Å². The monoisotopic (exact) mass is 587 g/mol. The van der Waals surface area contributed by atoms with E-state index >= 15 is 0 Å². The van der Waals surface area contributed by atoms with Gasteiger partial charge in [0.1, 0.15) is 17.3 Å². The smallest absolute Gasteiger partial charge is 0.338 e. The number of ether oxygens (including phenoxy) is 3. The lowest BCUT2D eigenvalue weighted by atomic mass is 9.90. The van der Waals surface area contributed by atoms with Crippen molar-refractivity contribution >= 4 is 34.5 Å². The topological polar surface area (TPSA) is 89.5 Å². The van der Waals surface area contributed by atoms with Gasteiger partial charge in [-0.15, -0.1) is 0 Å². The zero-order chi connectivity index (χ0) is 29.6. The number of hydrogen-bond acceptors (Lipinski definition) is 8. The molecule has 2 aliphatic rings. The van der Waals surface area contributed by atoms with Crippen LogP contribution in [0.1, 0.15) is 36.1 Å². The number of amidine groups is 1. The molecule has 10 heteroatoms. The Labute approximate surface area is 247 Å². The van der Waals surface area contributed by atoms with Crippen molar-refractivity contribution < 1.29 is 28.2 Å². The van der Waals surface area contributed by atoms with Crippen LogP contribution in [0.3, 0.4) is 0 Å². The van der Waals surface area contributed by atoms with E-state index in [9.17, 15) is 14.0 Å². The lowest BCUT2D eigenvalue weighted by molar-refractivity contribution is -0.139. The first kappa shape index (κ1) is 28.9. The van der Waals surface area contributed by atoms with E-state index in [2.05, 4.69) is 5.32 Å². The van der Waals surface area contributed by atoms with E-state index in [4.69, 9.17) is 19.2 Å². The summed E-state index contributed by atoms with van der Waals surface area (Å²) in [6.07, 6.45) is 0.0206. The second-order valence-corrected chi connectivity index (χ2v) is 10.3. The lowest BCUT2D eigenvalue weighted by Crippen LogP contribution is -2.38. The van der Waals surface area contributed by atoms with Crippen LogP contribution in [-0.2, 0) is 20.9 Å². The van der Waals surface area contributed by atoms with Gasteiger partial charge in [-0.3, -0.25) is 4.79 Å². The van der Waals surface area contributed by atoms with Gasteiger partial charge in [0.05, 0.1) is 44.6 Å². The molecule has 3 aromatic rings. The number of carbonyl (C=O) groups is 2. The third kappa shape index (κ3) is 6.03. The fourth-order valence-corrected chi connectivity index (χ4v) is 5.78. The van der Waals surface area contributed by atoms with Crippen LogP contribution in [-0.4, -0.2) is 42.8 Å². The number of hydrogen-bond donors (Lipinski definition) is 1. The molecule has 0 spiro atoms. The fraction of sp³-hybridized carbons (Fsp3) is 0.219. The highest BCUT2D eigenvalue weighted by Crippen LogP contribution is 2.49. The average molecular weight is 588 g/mol. The number of carbonyl (C=O) groups excluding carboxylic acids is 2. The van der Waals surface area contributed by atoms with E-state index in [1.54, 1.807) is 45.4 Å². The standard InChI is InChI=1S/C32H30FN3O5S/c1-4-41-31(38)28-29(21-8-6-5-7-9-21)35-32-36(30(28)25-17-24(39-2)14-15-26(25)40-3)23(19-42-32)16-27(37)34-18-20-10-12-22(33)13-11-20/h5-15,17,19,30H,4,16,18H2,1-3H3,(H,34,37)/t30-/m0/s1. The van der Waals surface area contributed by atoms with Crippen molar-refractivity contribution in [3.8, 4) is 11.5 Å². The first-order valence-electron chi connectivity index (χ1n) is 13.4. The highest BCUT2D eigenvalue weighted by Gasteiger charge is 2.43. The van der Waals surface area contributed by atoms with Crippen molar-refractivity contribution in [3.05, 3.63) is 112 Å². The summed E-state index contributed by atoms with van der Waals surface area (Å²) in [5.41, 5.74) is 3.64. The Morgan fingerprint density at radius 2 is 1.79 bits per heavy atom. The molecule has 0 bridgehead atoms. The van der Waals surface area contributed by atoms with Gasteiger partial charge in [0.25, 0.3) is 0 Å². The van der Waals surface area contributed by atoms with Gasteiger partial charge >= 0.3 is 5.97 Å². The highest BCUT2D eigenvalue weighted by atomic mass is 32.2. The number of benzene rings is 3. The molecule has 0 unspecified atom stereocenters. The number of aliphatic imine (C=N–C) groups is 1. The quantitative estimate of drug-likeness (QED) is 0.299. The highest BCUT2D eigenvalue weighted by molar-refractivity contribution is 8.16. The second kappa shape index (κ2) is 12.9. The lowest BCUT2D eigenvalue weighted by Gasteiger charge is -2.37. The predicted molar refractivity (Wildman–Crippen MR) is 160 cm³/mol. The molecule has 0 aromatic heterocycles. The van der Waals surface area contributed by atoms with Crippen molar-refractivity contribution in [2.45, 2.75) is 25.9 Å². The van der Waals surface area contributed by atoms with E-state index in [1.807, 2.05) is 46.7 Å². The SMILES string of the molecule is CCOC(=O)C1=C(c2ccccc2)N=C2SC=C(CC(=O)NCc3ccc(F)cc3)N2[C@H]1c1cc(OC)ccc1OC. The number of rotatable bonds is 10. The summed E-state index contributed by atoms with van der Waals surface area (Å²) < 4.78 is 30.2. The molecular weight excluding hydrogens is 557 g/mol. The van der Waals surface area contributed by atoms with Gasteiger partial charge in [-0.25, -0.2) is 14.2 Å². The van der Waals surface area contributed by atoms with E-state index in [-0.39, 0.29) is 31.3 Å². The summed E-state index contributed by atoms with van der Waals surface area (Å²) in [5.74, 6) is 0.0156. The number of thioether (sulfide) groups is 1. The molecule has 3 aromatic carbocycles. The van der Waals surface area contributed by atoms with Crippen molar-refractivity contribution in [1.29, 1.82) is 0 Å². The normalized spacial score (nSPS) is 15.9. The summed E-state index contributed by atoms with van der Waals surface area (Å²) in [6, 6.07) is 20.1. The molecule has 1 amide bonds. The van der Waals surface area contributed by atoms with E-state index in [0.717, 1.165) is 11.1 Å². The van der Waals surface area contributed by atoms with Crippen LogP contribution in [0, 0.1) is 5.82 Å². The van der Waals surface area contributed by atoms with Crippen molar-refractivity contribution in [3.63, 3.8) is 0 Å². The third-order valence-electron chi connectivity index (χ3n) is 6.83. The number of amides is 1. The minimum Gasteiger partial charge on any atom is -0.497 e. The molecule has 0 fully saturated rings. The van der Waals surface area contributed by atoms with Gasteiger partial charge in [0.2, 0.25) is 5.91 Å².